The van der Waals surface area contributed by atoms with Crippen LogP contribution in [-0.2, 0) is 9.53 Å². The molecular formula is C23H24FN3O7. The van der Waals surface area contributed by atoms with E-state index >= 15 is 0 Å². The summed E-state index contributed by atoms with van der Waals surface area (Å²) in [6, 6.07) is 10.7. The maximum Gasteiger partial charge on any atom is 0.414 e. The normalized spacial score (nSPS) is 16.7. The van der Waals surface area contributed by atoms with E-state index in [-0.39, 0.29) is 46.9 Å². The van der Waals surface area contributed by atoms with Crippen LogP contribution in [0.15, 0.2) is 42.5 Å². The van der Waals surface area contributed by atoms with Crippen molar-refractivity contribution in [2.24, 2.45) is 0 Å². The van der Waals surface area contributed by atoms with E-state index in [2.05, 4.69) is 5.32 Å². The third kappa shape index (κ3) is 5.56. The predicted octanol–water partition coefficient (Wildman–Crippen LogP) is 2.60. The van der Waals surface area contributed by atoms with E-state index < -0.39 is 23.7 Å². The molecule has 0 aromatic heterocycles. The van der Waals surface area contributed by atoms with E-state index in [0.717, 1.165) is 0 Å². The van der Waals surface area contributed by atoms with Gasteiger partial charge in [-0.25, -0.2) is 9.18 Å². The number of amides is 3. The number of anilines is 2. The number of benzene rings is 2. The molecule has 0 aliphatic carbocycles. The minimum atomic E-state index is -0.657. The molecular weight excluding hydrogens is 449 g/mol. The van der Waals surface area contributed by atoms with Gasteiger partial charge in [0.25, 0.3) is 11.8 Å². The number of ether oxygens (including phenoxy) is 1. The first-order valence-corrected chi connectivity index (χ1v) is 10.5. The van der Waals surface area contributed by atoms with Gasteiger partial charge >= 0.3 is 6.09 Å². The van der Waals surface area contributed by atoms with E-state index in [9.17, 15) is 23.6 Å². The van der Waals surface area contributed by atoms with Crippen LogP contribution in [0.1, 0.15) is 40.5 Å². The van der Waals surface area contributed by atoms with Gasteiger partial charge in [0.05, 0.1) is 35.7 Å². The number of Topliss-reactive ketones (excluding diaryl/α,β-unsaturated/α-hetero) is 1. The molecule has 0 spiro atoms. The SMILES string of the molecule is CC(=O)CC[C@H]1CN(c2ccc(NCCO)c(F)c2)C(=O)O1.O=C1c2ccccc2C(=O)N1O. The van der Waals surface area contributed by atoms with Crippen LogP contribution in [0, 0.1) is 5.82 Å². The van der Waals surface area contributed by atoms with Gasteiger partial charge in [0.1, 0.15) is 17.7 Å². The zero-order valence-electron chi connectivity index (χ0n) is 18.4. The number of hydrogen-bond donors (Lipinski definition) is 3. The molecule has 2 aliphatic heterocycles. The minimum absolute atomic E-state index is 0.0415. The van der Waals surface area contributed by atoms with Crippen LogP contribution in [0.25, 0.3) is 0 Å². The molecule has 34 heavy (non-hydrogen) atoms. The molecule has 2 aromatic rings. The number of nitrogens with zero attached hydrogens (tertiary/aromatic N) is 2. The van der Waals surface area contributed by atoms with Crippen molar-refractivity contribution in [1.82, 2.24) is 5.06 Å². The third-order valence-corrected chi connectivity index (χ3v) is 5.16. The van der Waals surface area contributed by atoms with Gasteiger partial charge in [0.2, 0.25) is 0 Å². The maximum absolute atomic E-state index is 13.9. The van der Waals surface area contributed by atoms with Gasteiger partial charge in [-0.3, -0.25) is 19.7 Å². The number of aliphatic hydroxyl groups is 1. The number of hydroxylamine groups is 2. The average Bonchev–Trinajstić information content (AvgIpc) is 3.30. The fraction of sp³-hybridized carbons (Fsp3) is 0.304. The lowest BCUT2D eigenvalue weighted by Crippen LogP contribution is -2.25. The number of fused-ring (bicyclic) bond motifs is 1. The van der Waals surface area contributed by atoms with E-state index in [0.29, 0.717) is 25.1 Å². The van der Waals surface area contributed by atoms with E-state index in [4.69, 9.17) is 15.1 Å². The van der Waals surface area contributed by atoms with Gasteiger partial charge in [-0.2, -0.15) is 0 Å². The number of aliphatic hydroxyl groups excluding tert-OH is 1. The lowest BCUT2D eigenvalue weighted by atomic mass is 10.1. The van der Waals surface area contributed by atoms with Crippen molar-refractivity contribution in [2.75, 3.05) is 29.9 Å². The molecule has 3 amide bonds. The summed E-state index contributed by atoms with van der Waals surface area (Å²) in [5.74, 6) is -1.78. The molecule has 180 valence electrons. The van der Waals surface area contributed by atoms with Crippen LogP contribution in [0.2, 0.25) is 0 Å². The summed E-state index contributed by atoms with van der Waals surface area (Å²) in [4.78, 5) is 46.3. The van der Waals surface area contributed by atoms with Crippen LogP contribution < -0.4 is 10.2 Å². The monoisotopic (exact) mass is 473 g/mol. The summed E-state index contributed by atoms with van der Waals surface area (Å²) >= 11 is 0. The van der Waals surface area contributed by atoms with Gasteiger partial charge < -0.3 is 20.0 Å². The molecule has 0 unspecified atom stereocenters. The first-order chi connectivity index (χ1) is 16.2. The molecule has 2 heterocycles. The van der Waals surface area contributed by atoms with Gasteiger partial charge in [-0.1, -0.05) is 12.1 Å². The fourth-order valence-electron chi connectivity index (χ4n) is 3.43. The highest BCUT2D eigenvalue weighted by Crippen LogP contribution is 2.27. The largest absolute Gasteiger partial charge is 0.444 e. The van der Waals surface area contributed by atoms with Crippen molar-refractivity contribution in [2.45, 2.75) is 25.9 Å². The van der Waals surface area contributed by atoms with Crippen molar-refractivity contribution < 1.29 is 38.6 Å². The van der Waals surface area contributed by atoms with Gasteiger partial charge in [-0.15, -0.1) is 5.06 Å². The highest BCUT2D eigenvalue weighted by atomic mass is 19.1. The molecule has 2 aromatic carbocycles. The number of hydrogen-bond acceptors (Lipinski definition) is 8. The Bertz CT molecular complexity index is 1070. The van der Waals surface area contributed by atoms with Gasteiger partial charge in [-0.05, 0) is 43.7 Å². The van der Waals surface area contributed by atoms with Crippen LogP contribution in [-0.4, -0.2) is 64.9 Å². The van der Waals surface area contributed by atoms with Crippen LogP contribution in [0.4, 0.5) is 20.6 Å². The molecule has 10 nitrogen and oxygen atoms in total. The van der Waals surface area contributed by atoms with Crippen LogP contribution in [0.3, 0.4) is 0 Å². The third-order valence-electron chi connectivity index (χ3n) is 5.16. The predicted molar refractivity (Wildman–Crippen MR) is 118 cm³/mol. The van der Waals surface area contributed by atoms with Gasteiger partial charge in [0, 0.05) is 13.0 Å². The molecule has 0 saturated carbocycles. The van der Waals surface area contributed by atoms with Crippen LogP contribution in [0.5, 0.6) is 0 Å². The molecule has 0 radical (unpaired) electrons. The summed E-state index contributed by atoms with van der Waals surface area (Å²) in [6.07, 6.45) is -0.0731. The Hall–Kier alpha value is -3.83. The lowest BCUT2D eigenvalue weighted by Gasteiger charge is -2.14. The number of ketones is 1. The number of carbonyl (C=O) groups excluding carboxylic acids is 4. The fourth-order valence-corrected chi connectivity index (χ4v) is 3.43. The molecule has 1 atom stereocenters. The standard InChI is InChI=1S/C15H19FN2O4.C8H5NO3/c1-10(20)2-4-12-9-18(15(21)22-12)11-3-5-14(13(16)8-11)17-6-7-19;10-7-5-3-1-2-4-6(5)8(11)9(7)12/h3,5,8,12,17,19H,2,4,6-7,9H2,1H3;1-4,12H/t12-;/m0./s1. The molecule has 0 bridgehead atoms. The highest BCUT2D eigenvalue weighted by molar-refractivity contribution is 6.20. The van der Waals surface area contributed by atoms with E-state index in [1.165, 1.54) is 36.1 Å². The number of halogens is 1. The number of rotatable bonds is 7. The zero-order valence-corrected chi connectivity index (χ0v) is 18.4. The first kappa shape index (κ1) is 24.8. The second-order valence-corrected chi connectivity index (χ2v) is 7.64. The number of cyclic esters (lactones) is 1. The second-order valence-electron chi connectivity index (χ2n) is 7.64. The van der Waals surface area contributed by atoms with Crippen molar-refractivity contribution in [3.63, 3.8) is 0 Å². The molecule has 11 heteroatoms. The van der Waals surface area contributed by atoms with Crippen molar-refractivity contribution in [3.8, 4) is 0 Å². The molecule has 4 rings (SSSR count). The van der Waals surface area contributed by atoms with Crippen molar-refractivity contribution >= 4 is 35.1 Å². The Kier molecular flexibility index (Phi) is 7.92. The summed E-state index contributed by atoms with van der Waals surface area (Å²) in [5.41, 5.74) is 1.18. The van der Waals surface area contributed by atoms with E-state index in [1.807, 2.05) is 0 Å². The average molecular weight is 473 g/mol. The Morgan fingerprint density at radius 1 is 1.15 bits per heavy atom. The van der Waals surface area contributed by atoms with Crippen LogP contribution >= 0.6 is 0 Å². The van der Waals surface area contributed by atoms with Crippen molar-refractivity contribution in [1.29, 1.82) is 0 Å². The molecule has 3 N–H and O–H groups in total. The number of imide groups is 1. The summed E-state index contributed by atoms with van der Waals surface area (Å²) in [5, 5.41) is 20.5. The highest BCUT2D eigenvalue weighted by Gasteiger charge is 2.34. The summed E-state index contributed by atoms with van der Waals surface area (Å²) in [7, 11) is 0. The van der Waals surface area contributed by atoms with Gasteiger partial charge in [0.15, 0.2) is 0 Å². The number of nitrogens with one attached hydrogen (secondary N) is 1. The minimum Gasteiger partial charge on any atom is -0.444 e. The Balaban J connectivity index is 0.000000226. The quantitative estimate of drug-likeness (QED) is 0.412. The second kappa shape index (κ2) is 10.9. The first-order valence-electron chi connectivity index (χ1n) is 10.5. The molecule has 2 aliphatic rings. The Morgan fingerprint density at radius 3 is 2.35 bits per heavy atom. The van der Waals surface area contributed by atoms with E-state index in [1.54, 1.807) is 18.2 Å². The Morgan fingerprint density at radius 2 is 1.79 bits per heavy atom. The Labute approximate surface area is 194 Å². The van der Waals surface area contributed by atoms with Crippen molar-refractivity contribution in [3.05, 3.63) is 59.4 Å². The molecule has 1 fully saturated rings. The summed E-state index contributed by atoms with van der Waals surface area (Å²) < 4.78 is 19.1. The number of carbonyl (C=O) groups is 4. The lowest BCUT2D eigenvalue weighted by molar-refractivity contribution is -0.117. The molecule has 1 saturated heterocycles. The topological polar surface area (TPSA) is 136 Å². The maximum atomic E-state index is 13.9. The summed E-state index contributed by atoms with van der Waals surface area (Å²) in [6.45, 7) is 1.93. The zero-order chi connectivity index (χ0) is 24.8. The smallest absolute Gasteiger partial charge is 0.414 e.